The molecule has 0 heterocycles. The molecule has 0 fully saturated rings. The van der Waals surface area contributed by atoms with Crippen LogP contribution in [0.2, 0.25) is 0 Å². The Morgan fingerprint density at radius 3 is 1.11 bits per heavy atom. The average Bonchev–Trinajstić information content (AvgIpc) is 2.39. The minimum absolute atomic E-state index is 0.824. The lowest BCUT2D eigenvalue weighted by atomic mass is 10.1. The molecule has 0 radical (unpaired) electrons. The van der Waals surface area contributed by atoms with Crippen LogP contribution < -0.4 is 0 Å². The second-order valence-electron chi connectivity index (χ2n) is 3.96. The summed E-state index contributed by atoms with van der Waals surface area (Å²) in [5.41, 5.74) is 2.13. The van der Waals surface area contributed by atoms with E-state index in [-0.39, 0.29) is 0 Å². The lowest BCUT2D eigenvalue weighted by Crippen LogP contribution is -1.97. The molecule has 0 N–H and O–H groups in total. The third kappa shape index (κ3) is 3.09. The van der Waals surface area contributed by atoms with Crippen LogP contribution in [-0.2, 0) is 22.4 Å². The standard InChI is InChI=1S/C14H14O2S2/c1-17(15)13-7-3-11(4-8-13)12-5-9-14(10-6-12)18(2)16/h3-10H,1-2H3. The second-order valence-corrected chi connectivity index (χ2v) is 6.72. The van der Waals surface area contributed by atoms with E-state index in [4.69, 9.17) is 0 Å². The van der Waals surface area contributed by atoms with E-state index in [9.17, 15) is 9.11 Å². The Labute approximate surface area is 113 Å². The Morgan fingerprint density at radius 1 is 0.611 bits per heavy atom. The van der Waals surface area contributed by atoms with Gasteiger partial charge >= 0.3 is 0 Å². The molecule has 0 aliphatic heterocycles. The van der Waals surface area contributed by atoms with Gasteiger partial charge in [0, 0.05) is 0 Å². The Balaban J connectivity index is 2.25. The molecule has 2 aromatic rings. The molecule has 4 heteroatoms. The van der Waals surface area contributed by atoms with Crippen molar-refractivity contribution in [1.82, 2.24) is 0 Å². The molecule has 0 aromatic heterocycles. The van der Waals surface area contributed by atoms with Crippen LogP contribution in [0, 0.1) is 0 Å². The fourth-order valence-corrected chi connectivity index (χ4v) is 2.72. The Kier molecular flexibility index (Phi) is 4.35. The van der Waals surface area contributed by atoms with Gasteiger partial charge in [-0.15, -0.1) is 0 Å². The van der Waals surface area contributed by atoms with Crippen molar-refractivity contribution in [2.24, 2.45) is 0 Å². The maximum absolute atomic E-state index is 11.3. The number of hydrogen-bond donors (Lipinski definition) is 0. The molecule has 2 atom stereocenters. The average molecular weight is 278 g/mol. The SMILES string of the molecule is C[S+]([O-])c1ccc(-c2ccc([S+](C)[O-])cc2)cc1. The van der Waals surface area contributed by atoms with E-state index >= 15 is 0 Å². The largest absolute Gasteiger partial charge is 0.612 e. The highest BCUT2D eigenvalue weighted by Gasteiger charge is 2.06. The minimum Gasteiger partial charge on any atom is -0.612 e. The molecule has 0 aliphatic carbocycles. The summed E-state index contributed by atoms with van der Waals surface area (Å²) in [6.45, 7) is 0. The third-order valence-electron chi connectivity index (χ3n) is 2.71. The predicted octanol–water partition coefficient (Wildman–Crippen LogP) is 2.83. The molecular formula is C14H14O2S2. The lowest BCUT2D eigenvalue weighted by molar-refractivity contribution is 0.600. The van der Waals surface area contributed by atoms with Crippen LogP contribution in [0.3, 0.4) is 0 Å². The van der Waals surface area contributed by atoms with Gasteiger partial charge in [0.05, 0.1) is 0 Å². The third-order valence-corrected chi connectivity index (χ3v) is 4.58. The van der Waals surface area contributed by atoms with Crippen LogP contribution in [0.25, 0.3) is 11.1 Å². The molecule has 0 saturated heterocycles. The maximum atomic E-state index is 11.3. The van der Waals surface area contributed by atoms with Gasteiger partial charge in [-0.25, -0.2) is 0 Å². The number of hydrogen-bond acceptors (Lipinski definition) is 2. The molecular weight excluding hydrogens is 264 g/mol. The topological polar surface area (TPSA) is 46.1 Å². The highest BCUT2D eigenvalue weighted by molar-refractivity contribution is 7.91. The van der Waals surface area contributed by atoms with E-state index in [1.165, 1.54) is 0 Å². The molecule has 0 bridgehead atoms. The van der Waals surface area contributed by atoms with Crippen molar-refractivity contribution in [2.45, 2.75) is 9.79 Å². The predicted molar refractivity (Wildman–Crippen MR) is 76.5 cm³/mol. The van der Waals surface area contributed by atoms with E-state index in [0.29, 0.717) is 0 Å². The van der Waals surface area contributed by atoms with Gasteiger partial charge in [0.15, 0.2) is 9.79 Å². The van der Waals surface area contributed by atoms with Crippen LogP contribution in [0.5, 0.6) is 0 Å². The first-order valence-electron chi connectivity index (χ1n) is 5.45. The van der Waals surface area contributed by atoms with Crippen LogP contribution >= 0.6 is 0 Å². The van der Waals surface area contributed by atoms with E-state index in [0.717, 1.165) is 20.9 Å². The molecule has 0 spiro atoms. The monoisotopic (exact) mass is 278 g/mol. The molecule has 94 valence electrons. The van der Waals surface area contributed by atoms with Crippen molar-refractivity contribution in [3.63, 3.8) is 0 Å². The van der Waals surface area contributed by atoms with Gasteiger partial charge < -0.3 is 9.11 Å². The van der Waals surface area contributed by atoms with Gasteiger partial charge in [0.2, 0.25) is 0 Å². The number of benzene rings is 2. The molecule has 2 rings (SSSR count). The maximum Gasteiger partial charge on any atom is 0.152 e. The van der Waals surface area contributed by atoms with Crippen molar-refractivity contribution in [3.8, 4) is 11.1 Å². The lowest BCUT2D eigenvalue weighted by Gasteiger charge is -2.07. The summed E-state index contributed by atoms with van der Waals surface area (Å²) in [6, 6.07) is 15.3. The normalized spacial score (nSPS) is 14.2. The summed E-state index contributed by atoms with van der Waals surface area (Å²) in [5, 5.41) is 0. The molecule has 0 saturated carbocycles. The highest BCUT2D eigenvalue weighted by atomic mass is 32.2. The van der Waals surface area contributed by atoms with Gasteiger partial charge in [-0.05, 0) is 82.0 Å². The zero-order valence-corrected chi connectivity index (χ0v) is 11.9. The summed E-state index contributed by atoms with van der Waals surface area (Å²) in [5.74, 6) is 0. The zero-order valence-electron chi connectivity index (χ0n) is 10.3. The Bertz CT molecular complexity index is 455. The Hall–Kier alpha value is -0.940. The molecule has 2 nitrogen and oxygen atoms in total. The smallest absolute Gasteiger partial charge is 0.152 e. The van der Waals surface area contributed by atoms with Gasteiger partial charge in [0.1, 0.15) is 12.5 Å². The quantitative estimate of drug-likeness (QED) is 0.810. The van der Waals surface area contributed by atoms with Crippen LogP contribution in [0.15, 0.2) is 58.3 Å². The van der Waals surface area contributed by atoms with Crippen molar-refractivity contribution in [3.05, 3.63) is 48.5 Å². The van der Waals surface area contributed by atoms with Gasteiger partial charge in [-0.1, -0.05) is 0 Å². The second kappa shape index (κ2) is 5.80. The van der Waals surface area contributed by atoms with Gasteiger partial charge in [-0.2, -0.15) is 0 Å². The molecule has 0 amide bonds. The van der Waals surface area contributed by atoms with Crippen LogP contribution in [0.1, 0.15) is 0 Å². The fraction of sp³-hybridized carbons (Fsp3) is 0.143. The molecule has 18 heavy (non-hydrogen) atoms. The van der Waals surface area contributed by atoms with Crippen molar-refractivity contribution in [2.75, 3.05) is 12.5 Å². The first kappa shape index (κ1) is 13.5. The van der Waals surface area contributed by atoms with Crippen molar-refractivity contribution in [1.29, 1.82) is 0 Å². The molecule has 2 unspecified atom stereocenters. The number of rotatable bonds is 3. The first-order chi connectivity index (χ1) is 8.58. The molecule has 2 aromatic carbocycles. The summed E-state index contributed by atoms with van der Waals surface area (Å²) in [4.78, 5) is 1.65. The fourth-order valence-electron chi connectivity index (χ4n) is 1.68. The van der Waals surface area contributed by atoms with Gasteiger partial charge in [-0.3, -0.25) is 0 Å². The van der Waals surface area contributed by atoms with E-state index < -0.39 is 22.4 Å². The minimum atomic E-state index is -0.944. The van der Waals surface area contributed by atoms with Crippen LogP contribution in [-0.4, -0.2) is 21.6 Å². The zero-order chi connectivity index (χ0) is 13.1. The summed E-state index contributed by atoms with van der Waals surface area (Å²) in [7, 11) is 0. The summed E-state index contributed by atoms with van der Waals surface area (Å²) < 4.78 is 22.6. The first-order valence-corrected chi connectivity index (χ1v) is 8.57. The van der Waals surface area contributed by atoms with Gasteiger partial charge in [0.25, 0.3) is 0 Å². The highest BCUT2D eigenvalue weighted by Crippen LogP contribution is 2.22. The summed E-state index contributed by atoms with van der Waals surface area (Å²) >= 11 is -1.89. The van der Waals surface area contributed by atoms with E-state index in [2.05, 4.69) is 0 Å². The summed E-state index contributed by atoms with van der Waals surface area (Å²) in [6.07, 6.45) is 3.33. The van der Waals surface area contributed by atoms with Crippen LogP contribution in [0.4, 0.5) is 0 Å². The molecule has 0 aliphatic rings. The van der Waals surface area contributed by atoms with Crippen molar-refractivity contribution < 1.29 is 9.11 Å². The van der Waals surface area contributed by atoms with Crippen molar-refractivity contribution >= 4 is 22.4 Å². The van der Waals surface area contributed by atoms with E-state index in [1.54, 1.807) is 12.5 Å². The Morgan fingerprint density at radius 2 is 0.889 bits per heavy atom. The van der Waals surface area contributed by atoms with E-state index in [1.807, 2.05) is 48.5 Å².